The number of hydrogen-bond acceptors (Lipinski definition) is 4. The molecular weight excluding hydrogens is 449 g/mol. The van der Waals surface area contributed by atoms with Crippen LogP contribution in [-0.2, 0) is 0 Å². The third-order valence-corrected chi connectivity index (χ3v) is 4.94. The van der Waals surface area contributed by atoms with E-state index in [2.05, 4.69) is 20.6 Å². The van der Waals surface area contributed by atoms with Gasteiger partial charge >= 0.3 is 0 Å². The van der Waals surface area contributed by atoms with Crippen LogP contribution in [0.25, 0.3) is 0 Å². The molecule has 0 aliphatic carbocycles. The van der Waals surface area contributed by atoms with Crippen LogP contribution in [0.3, 0.4) is 0 Å². The predicted octanol–water partition coefficient (Wildman–Crippen LogP) is 4.83. The summed E-state index contributed by atoms with van der Waals surface area (Å²) < 4.78 is 0. The Labute approximate surface area is 196 Å². The fourth-order valence-electron chi connectivity index (χ4n) is 3.00. The summed E-state index contributed by atoms with van der Waals surface area (Å²) in [5.41, 5.74) is 1.84. The third-order valence-electron chi connectivity index (χ3n) is 4.48. The molecule has 0 atom stereocenters. The molecule has 0 saturated heterocycles. The molecule has 7 nitrogen and oxygen atoms in total. The molecule has 0 bridgehead atoms. The number of halogens is 2. The Balaban J connectivity index is 1.80. The minimum Gasteiger partial charge on any atom is -0.363 e. The van der Waals surface area contributed by atoms with E-state index in [0.717, 1.165) is 11.4 Å². The van der Waals surface area contributed by atoms with Crippen LogP contribution in [-0.4, -0.2) is 48.7 Å². The zero-order chi connectivity index (χ0) is 23.3. The Kier molecular flexibility index (Phi) is 7.45. The molecule has 2 N–H and O–H groups in total. The van der Waals surface area contributed by atoms with Crippen LogP contribution in [0.1, 0.15) is 26.3 Å². The smallest absolute Gasteiger partial charge is 0.258 e. The van der Waals surface area contributed by atoms with E-state index in [1.54, 1.807) is 43.4 Å². The molecule has 0 spiro atoms. The molecule has 2 aromatic carbocycles. The molecule has 1 aromatic heterocycles. The maximum Gasteiger partial charge on any atom is 0.258 e. The number of rotatable bonds is 5. The van der Waals surface area contributed by atoms with E-state index >= 15 is 0 Å². The first-order valence-corrected chi connectivity index (χ1v) is 10.3. The fraction of sp³-hybridized carbons (Fsp3) is 0.130. The van der Waals surface area contributed by atoms with E-state index in [-0.39, 0.29) is 11.5 Å². The first-order chi connectivity index (χ1) is 15.3. The minimum absolute atomic E-state index is 0.201. The Morgan fingerprint density at radius 1 is 0.875 bits per heavy atom. The van der Waals surface area contributed by atoms with Gasteiger partial charge in [0.2, 0.25) is 0 Å². The largest absolute Gasteiger partial charge is 0.363 e. The average molecular weight is 470 g/mol. The summed E-state index contributed by atoms with van der Waals surface area (Å²) in [5, 5.41) is 6.25. The van der Waals surface area contributed by atoms with Gasteiger partial charge in [-0.05, 0) is 42.5 Å². The summed E-state index contributed by atoms with van der Waals surface area (Å²) in [7, 11) is 5.51. The van der Waals surface area contributed by atoms with Gasteiger partial charge in [-0.2, -0.15) is 0 Å². The van der Waals surface area contributed by atoms with E-state index in [0.29, 0.717) is 27.1 Å². The highest BCUT2D eigenvalue weighted by molar-refractivity contribution is 6.31. The maximum atomic E-state index is 12.8. The second-order valence-electron chi connectivity index (χ2n) is 6.98. The number of nitrogens with zero attached hydrogens (tertiary/aromatic N) is 3. The molecule has 32 heavy (non-hydrogen) atoms. The van der Waals surface area contributed by atoms with Gasteiger partial charge < -0.3 is 15.5 Å². The van der Waals surface area contributed by atoms with Crippen molar-refractivity contribution in [3.8, 4) is 0 Å². The number of anilines is 2. The van der Waals surface area contributed by atoms with E-state index in [1.807, 2.05) is 31.1 Å². The topological polar surface area (TPSA) is 86.7 Å². The van der Waals surface area contributed by atoms with E-state index in [1.165, 1.54) is 12.3 Å². The summed E-state index contributed by atoms with van der Waals surface area (Å²) in [6, 6.07) is 14.9. The van der Waals surface area contributed by atoms with Crippen LogP contribution in [0.4, 0.5) is 11.5 Å². The van der Waals surface area contributed by atoms with E-state index in [4.69, 9.17) is 23.2 Å². The molecule has 1 heterocycles. The van der Waals surface area contributed by atoms with Crippen molar-refractivity contribution >= 4 is 52.4 Å². The van der Waals surface area contributed by atoms with Crippen molar-refractivity contribution in [1.82, 2.24) is 9.88 Å². The molecule has 2 amide bonds. The number of pyridine rings is 1. The van der Waals surface area contributed by atoms with Gasteiger partial charge in [0.05, 0.1) is 16.3 Å². The van der Waals surface area contributed by atoms with Crippen molar-refractivity contribution in [3.05, 3.63) is 87.5 Å². The number of aliphatic imine (C=N–C) groups is 1. The van der Waals surface area contributed by atoms with Gasteiger partial charge in [0.25, 0.3) is 11.8 Å². The van der Waals surface area contributed by atoms with Gasteiger partial charge in [0.1, 0.15) is 11.7 Å². The van der Waals surface area contributed by atoms with E-state index < -0.39 is 5.91 Å². The number of carbonyl (C=O) groups excluding carboxylic acids is 2. The quantitative estimate of drug-likeness (QED) is 0.413. The summed E-state index contributed by atoms with van der Waals surface area (Å²) in [4.78, 5) is 35.8. The van der Waals surface area contributed by atoms with Crippen LogP contribution in [0, 0.1) is 0 Å². The first-order valence-electron chi connectivity index (χ1n) is 9.57. The molecule has 0 saturated carbocycles. The second kappa shape index (κ2) is 10.3. The number of amides is 2. The number of amidine groups is 1. The molecule has 0 aliphatic heterocycles. The molecule has 0 unspecified atom stereocenters. The van der Waals surface area contributed by atoms with Crippen molar-refractivity contribution < 1.29 is 9.59 Å². The zero-order valence-corrected chi connectivity index (χ0v) is 19.2. The van der Waals surface area contributed by atoms with Crippen molar-refractivity contribution in [2.24, 2.45) is 4.99 Å². The molecule has 164 valence electrons. The third kappa shape index (κ3) is 5.63. The van der Waals surface area contributed by atoms with Crippen LogP contribution in [0.5, 0.6) is 0 Å². The minimum atomic E-state index is -0.470. The lowest BCUT2D eigenvalue weighted by atomic mass is 10.1. The fourth-order valence-corrected chi connectivity index (χ4v) is 3.28. The number of hydrogen-bond donors (Lipinski definition) is 2. The van der Waals surface area contributed by atoms with E-state index in [9.17, 15) is 9.59 Å². The number of carbonyl (C=O) groups is 2. The SMILES string of the molecule is CN=C(c1ccc(C(=O)Nc2ccc(Cl)cc2C(=O)Nc2ccc(Cl)cn2)cc1)N(C)C. The Morgan fingerprint density at radius 3 is 2.12 bits per heavy atom. The van der Waals surface area contributed by atoms with Gasteiger partial charge in [-0.25, -0.2) is 4.98 Å². The Hall–Kier alpha value is -3.42. The van der Waals surface area contributed by atoms with Gasteiger partial charge in [0, 0.05) is 43.5 Å². The lowest BCUT2D eigenvalue weighted by Gasteiger charge is -2.16. The number of aromatic nitrogens is 1. The molecule has 3 rings (SSSR count). The highest BCUT2D eigenvalue weighted by Crippen LogP contribution is 2.23. The van der Waals surface area contributed by atoms with Crippen molar-refractivity contribution in [3.63, 3.8) is 0 Å². The first kappa shape index (κ1) is 23.2. The average Bonchev–Trinajstić information content (AvgIpc) is 2.77. The molecular formula is C23H21Cl2N5O2. The Morgan fingerprint density at radius 2 is 1.53 bits per heavy atom. The normalized spacial score (nSPS) is 11.1. The van der Waals surface area contributed by atoms with Gasteiger partial charge in [0.15, 0.2) is 0 Å². The maximum absolute atomic E-state index is 12.8. The molecule has 0 radical (unpaired) electrons. The summed E-state index contributed by atoms with van der Waals surface area (Å²) >= 11 is 11.9. The van der Waals surface area contributed by atoms with Crippen LogP contribution in [0.2, 0.25) is 10.0 Å². The number of benzene rings is 2. The standard InChI is InChI=1S/C23H21Cl2N5O2/c1-26-21(30(2)3)14-4-6-15(7-5-14)22(31)28-19-10-8-16(24)12-18(19)23(32)29-20-11-9-17(25)13-27-20/h4-13H,1-3H3,(H,28,31)(H,27,29,32). The van der Waals surface area contributed by atoms with Crippen molar-refractivity contribution in [2.45, 2.75) is 0 Å². The van der Waals surface area contributed by atoms with Crippen LogP contribution >= 0.6 is 23.2 Å². The highest BCUT2D eigenvalue weighted by atomic mass is 35.5. The van der Waals surface area contributed by atoms with Crippen LogP contribution in [0.15, 0.2) is 65.8 Å². The van der Waals surface area contributed by atoms with Gasteiger partial charge in [-0.15, -0.1) is 0 Å². The molecule has 0 fully saturated rings. The molecule has 0 aliphatic rings. The van der Waals surface area contributed by atoms with Crippen molar-refractivity contribution in [2.75, 3.05) is 31.8 Å². The second-order valence-corrected chi connectivity index (χ2v) is 7.85. The summed E-state index contributed by atoms with van der Waals surface area (Å²) in [5.74, 6) is 0.283. The van der Waals surface area contributed by atoms with Gasteiger partial charge in [-0.3, -0.25) is 14.6 Å². The predicted molar refractivity (Wildman–Crippen MR) is 129 cm³/mol. The zero-order valence-electron chi connectivity index (χ0n) is 17.7. The molecule has 3 aromatic rings. The summed E-state index contributed by atoms with van der Waals surface area (Å²) in [6.45, 7) is 0. The Bertz CT molecular complexity index is 1160. The van der Waals surface area contributed by atoms with Crippen molar-refractivity contribution in [1.29, 1.82) is 0 Å². The summed E-state index contributed by atoms with van der Waals surface area (Å²) in [6.07, 6.45) is 1.42. The number of nitrogens with one attached hydrogen (secondary N) is 2. The van der Waals surface area contributed by atoms with Crippen LogP contribution < -0.4 is 10.6 Å². The lowest BCUT2D eigenvalue weighted by Crippen LogP contribution is -2.23. The lowest BCUT2D eigenvalue weighted by molar-refractivity contribution is 0.102. The molecule has 9 heteroatoms. The van der Waals surface area contributed by atoms with Gasteiger partial charge in [-0.1, -0.05) is 35.3 Å². The highest BCUT2D eigenvalue weighted by Gasteiger charge is 2.16. The monoisotopic (exact) mass is 469 g/mol.